The molecule has 1 aromatic carbocycles. The van der Waals surface area contributed by atoms with Crippen molar-refractivity contribution >= 4 is 5.69 Å². The molecular formula is C18H29NO2. The molecule has 0 radical (unpaired) electrons. The number of nitro benzene ring substituents is 1. The molecule has 1 aromatic rings. The lowest BCUT2D eigenvalue weighted by atomic mass is 9.79. The van der Waals surface area contributed by atoms with Crippen LogP contribution >= 0.6 is 0 Å². The summed E-state index contributed by atoms with van der Waals surface area (Å²) in [6.45, 7) is 16.8. The van der Waals surface area contributed by atoms with Crippen LogP contribution in [0.1, 0.15) is 101 Å². The van der Waals surface area contributed by atoms with Crippen molar-refractivity contribution in [3.63, 3.8) is 0 Å². The van der Waals surface area contributed by atoms with Crippen molar-refractivity contribution < 1.29 is 4.92 Å². The first-order valence-electron chi connectivity index (χ1n) is 7.94. The van der Waals surface area contributed by atoms with Crippen LogP contribution < -0.4 is 0 Å². The van der Waals surface area contributed by atoms with Crippen molar-refractivity contribution in [1.29, 1.82) is 0 Å². The second-order valence-electron chi connectivity index (χ2n) is 7.11. The number of nitro groups is 1. The van der Waals surface area contributed by atoms with Crippen LogP contribution in [0.4, 0.5) is 5.69 Å². The van der Waals surface area contributed by atoms with Crippen LogP contribution in [0.15, 0.2) is 6.07 Å². The molecule has 0 aliphatic carbocycles. The molecule has 0 aromatic heterocycles. The quantitative estimate of drug-likeness (QED) is 0.486. The molecule has 118 valence electrons. The van der Waals surface area contributed by atoms with E-state index in [0.29, 0.717) is 17.5 Å². The number of rotatable bonds is 5. The fourth-order valence-electron chi connectivity index (χ4n) is 3.10. The van der Waals surface area contributed by atoms with Crippen molar-refractivity contribution in [3.05, 3.63) is 38.4 Å². The van der Waals surface area contributed by atoms with Crippen LogP contribution in [-0.4, -0.2) is 4.92 Å². The number of hydrogen-bond donors (Lipinski definition) is 0. The lowest BCUT2D eigenvalue weighted by molar-refractivity contribution is -0.386. The van der Waals surface area contributed by atoms with Gasteiger partial charge >= 0.3 is 0 Å². The zero-order valence-electron chi connectivity index (χ0n) is 14.7. The van der Waals surface area contributed by atoms with Crippen LogP contribution in [0.25, 0.3) is 0 Å². The molecule has 0 N–H and O–H groups in total. The molecule has 0 heterocycles. The van der Waals surface area contributed by atoms with Gasteiger partial charge in [-0.05, 0) is 40.9 Å². The Morgan fingerprint density at radius 2 is 1.19 bits per heavy atom. The Hall–Kier alpha value is -1.38. The van der Waals surface area contributed by atoms with E-state index in [1.165, 1.54) is 11.1 Å². The number of nitrogens with zero attached hydrogens (tertiary/aromatic N) is 1. The normalized spacial score (nSPS) is 12.0. The number of benzene rings is 1. The van der Waals surface area contributed by atoms with Gasteiger partial charge in [0.1, 0.15) is 0 Å². The molecule has 0 aliphatic heterocycles. The van der Waals surface area contributed by atoms with E-state index in [4.69, 9.17) is 0 Å². The Morgan fingerprint density at radius 1 is 0.762 bits per heavy atom. The minimum absolute atomic E-state index is 0.152. The zero-order chi connectivity index (χ0) is 16.5. The zero-order valence-corrected chi connectivity index (χ0v) is 14.7. The molecule has 1 rings (SSSR count). The van der Waals surface area contributed by atoms with E-state index in [1.807, 2.05) is 13.8 Å². The minimum Gasteiger partial charge on any atom is -0.258 e. The van der Waals surface area contributed by atoms with Crippen LogP contribution in [0.3, 0.4) is 0 Å². The molecule has 0 saturated carbocycles. The molecule has 3 heteroatoms. The average molecular weight is 291 g/mol. The van der Waals surface area contributed by atoms with Gasteiger partial charge in [-0.15, -0.1) is 0 Å². The van der Waals surface area contributed by atoms with Gasteiger partial charge in [-0.2, -0.15) is 0 Å². The van der Waals surface area contributed by atoms with Crippen LogP contribution in [0.5, 0.6) is 0 Å². The van der Waals surface area contributed by atoms with Crippen LogP contribution in [0, 0.1) is 10.1 Å². The van der Waals surface area contributed by atoms with Crippen molar-refractivity contribution in [2.24, 2.45) is 0 Å². The smallest absolute Gasteiger partial charge is 0.258 e. The molecule has 0 bridgehead atoms. The summed E-state index contributed by atoms with van der Waals surface area (Å²) in [7, 11) is 0. The van der Waals surface area contributed by atoms with Crippen molar-refractivity contribution in [2.75, 3.05) is 0 Å². The Balaban J connectivity index is 3.94. The number of hydrogen-bond acceptors (Lipinski definition) is 2. The predicted octanol–water partition coefficient (Wildman–Crippen LogP) is 6.09. The molecule has 0 spiro atoms. The summed E-state index contributed by atoms with van der Waals surface area (Å²) in [6, 6.07) is 2.08. The van der Waals surface area contributed by atoms with E-state index in [2.05, 4.69) is 47.6 Å². The van der Waals surface area contributed by atoms with E-state index in [0.717, 1.165) is 11.1 Å². The second-order valence-corrected chi connectivity index (χ2v) is 7.11. The van der Waals surface area contributed by atoms with Crippen molar-refractivity contribution in [2.45, 2.75) is 79.1 Å². The summed E-state index contributed by atoms with van der Waals surface area (Å²) < 4.78 is 0. The Bertz CT molecular complexity index is 529. The molecule has 0 atom stereocenters. The van der Waals surface area contributed by atoms with Gasteiger partial charge in [0, 0.05) is 11.1 Å². The summed E-state index contributed by atoms with van der Waals surface area (Å²) in [5.41, 5.74) is 4.59. The monoisotopic (exact) mass is 291 g/mol. The third kappa shape index (κ3) is 3.45. The maximum absolute atomic E-state index is 11.7. The first-order valence-corrected chi connectivity index (χ1v) is 7.94. The molecule has 3 nitrogen and oxygen atoms in total. The Labute approximate surface area is 128 Å². The first kappa shape index (κ1) is 17.7. The Kier molecular flexibility index (Phi) is 5.54. The highest BCUT2D eigenvalue weighted by Gasteiger charge is 2.30. The van der Waals surface area contributed by atoms with E-state index < -0.39 is 0 Å². The maximum atomic E-state index is 11.7. The van der Waals surface area contributed by atoms with E-state index in [-0.39, 0.29) is 16.8 Å². The van der Waals surface area contributed by atoms with Gasteiger partial charge in [0.15, 0.2) is 0 Å². The summed E-state index contributed by atoms with van der Waals surface area (Å²) >= 11 is 0. The molecule has 0 unspecified atom stereocenters. The third-order valence-electron chi connectivity index (χ3n) is 4.02. The standard InChI is InChI=1S/C18H29NO2/c1-10(2)14-9-15(11(3)4)18(19(20)21)17(13(7)8)16(14)12(5)6/h9-13H,1-8H3. The fraction of sp³-hybridized carbons (Fsp3) is 0.667. The van der Waals surface area contributed by atoms with Gasteiger partial charge in [0.25, 0.3) is 5.69 Å². The molecule has 0 amide bonds. The highest BCUT2D eigenvalue weighted by atomic mass is 16.6. The molecular weight excluding hydrogens is 262 g/mol. The Morgan fingerprint density at radius 3 is 1.48 bits per heavy atom. The average Bonchev–Trinajstić information content (AvgIpc) is 2.34. The van der Waals surface area contributed by atoms with Gasteiger partial charge in [0.05, 0.1) is 4.92 Å². The van der Waals surface area contributed by atoms with Crippen LogP contribution in [-0.2, 0) is 0 Å². The van der Waals surface area contributed by atoms with Gasteiger partial charge in [0.2, 0.25) is 0 Å². The third-order valence-corrected chi connectivity index (χ3v) is 4.02. The second kappa shape index (κ2) is 6.59. The maximum Gasteiger partial charge on any atom is 0.276 e. The highest BCUT2D eigenvalue weighted by Crippen LogP contribution is 2.43. The van der Waals surface area contributed by atoms with Gasteiger partial charge < -0.3 is 0 Å². The highest BCUT2D eigenvalue weighted by molar-refractivity contribution is 5.59. The molecule has 0 aliphatic rings. The van der Waals surface area contributed by atoms with E-state index >= 15 is 0 Å². The van der Waals surface area contributed by atoms with E-state index in [9.17, 15) is 10.1 Å². The van der Waals surface area contributed by atoms with Crippen LogP contribution in [0.2, 0.25) is 0 Å². The predicted molar refractivity (Wildman–Crippen MR) is 89.5 cm³/mol. The van der Waals surface area contributed by atoms with Crippen molar-refractivity contribution in [1.82, 2.24) is 0 Å². The van der Waals surface area contributed by atoms with Gasteiger partial charge in [-0.25, -0.2) is 0 Å². The van der Waals surface area contributed by atoms with Gasteiger partial charge in [-0.1, -0.05) is 55.4 Å². The fourth-order valence-corrected chi connectivity index (χ4v) is 3.10. The molecule has 21 heavy (non-hydrogen) atoms. The molecule has 0 saturated heterocycles. The first-order chi connectivity index (χ1) is 9.59. The van der Waals surface area contributed by atoms with Crippen molar-refractivity contribution in [3.8, 4) is 0 Å². The summed E-state index contributed by atoms with van der Waals surface area (Å²) in [5, 5.41) is 11.7. The van der Waals surface area contributed by atoms with Gasteiger partial charge in [-0.3, -0.25) is 10.1 Å². The lowest BCUT2D eigenvalue weighted by Crippen LogP contribution is -2.12. The summed E-state index contributed by atoms with van der Waals surface area (Å²) in [6.07, 6.45) is 0. The minimum atomic E-state index is -0.180. The largest absolute Gasteiger partial charge is 0.276 e. The topological polar surface area (TPSA) is 43.1 Å². The molecule has 0 fully saturated rings. The summed E-state index contributed by atoms with van der Waals surface area (Å²) in [5.74, 6) is 0.971. The SMILES string of the molecule is CC(C)c1cc(C(C)C)c([N+](=O)[O-])c(C(C)C)c1C(C)C. The van der Waals surface area contributed by atoms with E-state index in [1.54, 1.807) is 0 Å². The summed E-state index contributed by atoms with van der Waals surface area (Å²) in [4.78, 5) is 11.5. The lowest BCUT2D eigenvalue weighted by Gasteiger charge is -2.25.